The molecular weight excluding hydrogens is 160 g/mol. The van der Waals surface area contributed by atoms with Crippen molar-refractivity contribution >= 4 is 0 Å². The molecule has 1 rings (SSSR count). The third-order valence-electron chi connectivity index (χ3n) is 1.18. The van der Waals surface area contributed by atoms with Crippen LogP contribution in [0.5, 0.6) is 0 Å². The lowest BCUT2D eigenvalue weighted by molar-refractivity contribution is 0.0969. The van der Waals surface area contributed by atoms with Gasteiger partial charge >= 0.3 is 0 Å². The van der Waals surface area contributed by atoms with Gasteiger partial charge in [-0.3, -0.25) is 0 Å². The minimum absolute atomic E-state index is 0.146. The van der Waals surface area contributed by atoms with Crippen molar-refractivity contribution in [3.63, 3.8) is 0 Å². The summed E-state index contributed by atoms with van der Waals surface area (Å²) in [5.41, 5.74) is 0. The van der Waals surface area contributed by atoms with Crippen molar-refractivity contribution in [2.24, 2.45) is 5.92 Å². The number of aliphatic hydroxyl groups excluding tert-OH is 3. The molecule has 0 saturated heterocycles. The van der Waals surface area contributed by atoms with E-state index in [2.05, 4.69) is 9.97 Å². The summed E-state index contributed by atoms with van der Waals surface area (Å²) in [4.78, 5) is 6.42. The Morgan fingerprint density at radius 2 is 1.75 bits per heavy atom. The zero-order chi connectivity index (χ0) is 9.23. The van der Waals surface area contributed by atoms with Crippen LogP contribution in [0.25, 0.3) is 0 Å². The average molecular weight is 174 g/mol. The van der Waals surface area contributed by atoms with Crippen LogP contribution in [0.1, 0.15) is 0 Å². The van der Waals surface area contributed by atoms with Gasteiger partial charge in [0.25, 0.3) is 0 Å². The molecule has 0 bridgehead atoms. The lowest BCUT2D eigenvalue weighted by Crippen LogP contribution is -2.14. The van der Waals surface area contributed by atoms with Crippen molar-refractivity contribution < 1.29 is 15.3 Å². The van der Waals surface area contributed by atoms with Crippen molar-refractivity contribution in [3.05, 3.63) is 18.7 Å². The fraction of sp³-hybridized carbons (Fsp3) is 0.571. The molecule has 12 heavy (non-hydrogen) atoms. The van der Waals surface area contributed by atoms with E-state index in [-0.39, 0.29) is 25.7 Å². The zero-order valence-corrected chi connectivity index (χ0v) is 6.72. The number of imidazole rings is 1. The van der Waals surface area contributed by atoms with Gasteiger partial charge in [0, 0.05) is 18.3 Å². The van der Waals surface area contributed by atoms with Crippen molar-refractivity contribution in [1.82, 2.24) is 9.97 Å². The average Bonchev–Trinajstić information content (AvgIpc) is 2.64. The van der Waals surface area contributed by atoms with Gasteiger partial charge in [0.15, 0.2) is 0 Å². The molecule has 0 saturated carbocycles. The zero-order valence-electron chi connectivity index (χ0n) is 6.72. The molecule has 0 fully saturated rings. The minimum Gasteiger partial charge on any atom is -0.396 e. The topological polar surface area (TPSA) is 89.4 Å². The number of H-pyrrole nitrogens is 1. The lowest BCUT2D eigenvalue weighted by atomic mass is 10.2. The number of aliphatic hydroxyl groups is 3. The van der Waals surface area contributed by atoms with Crippen LogP contribution in [0.15, 0.2) is 18.7 Å². The normalized spacial score (nSPS) is 9.33. The number of aromatic amines is 1. The number of rotatable bonds is 3. The number of hydrogen-bond acceptors (Lipinski definition) is 4. The molecule has 1 aromatic heterocycles. The van der Waals surface area contributed by atoms with Gasteiger partial charge in [-0.2, -0.15) is 0 Å². The first kappa shape index (κ1) is 11.1. The Labute approximate surface area is 70.7 Å². The van der Waals surface area contributed by atoms with Crippen molar-refractivity contribution in [2.45, 2.75) is 0 Å². The Kier molecular flexibility index (Phi) is 7.57. The van der Waals surface area contributed by atoms with Gasteiger partial charge in [-0.05, 0) is 0 Å². The molecule has 5 heteroatoms. The lowest BCUT2D eigenvalue weighted by Gasteiger charge is -2.02. The van der Waals surface area contributed by atoms with Gasteiger partial charge < -0.3 is 20.3 Å². The van der Waals surface area contributed by atoms with E-state index < -0.39 is 0 Å². The highest BCUT2D eigenvalue weighted by Crippen LogP contribution is 1.87. The molecule has 0 aliphatic carbocycles. The van der Waals surface area contributed by atoms with Gasteiger partial charge in [-0.15, -0.1) is 0 Å². The van der Waals surface area contributed by atoms with E-state index in [1.807, 2.05) is 0 Å². The van der Waals surface area contributed by atoms with E-state index in [4.69, 9.17) is 15.3 Å². The first-order chi connectivity index (χ1) is 5.85. The summed E-state index contributed by atoms with van der Waals surface area (Å²) in [6, 6.07) is 0. The molecule has 5 nitrogen and oxygen atoms in total. The number of hydrogen-bond donors (Lipinski definition) is 4. The molecular formula is C7H14N2O3. The molecule has 0 radical (unpaired) electrons. The van der Waals surface area contributed by atoms with Crippen molar-refractivity contribution in [2.75, 3.05) is 19.8 Å². The Morgan fingerprint density at radius 1 is 1.17 bits per heavy atom. The van der Waals surface area contributed by atoms with Crippen LogP contribution in [-0.4, -0.2) is 45.1 Å². The van der Waals surface area contributed by atoms with E-state index in [1.165, 1.54) is 0 Å². The van der Waals surface area contributed by atoms with Crippen LogP contribution in [0.2, 0.25) is 0 Å². The highest BCUT2D eigenvalue weighted by atomic mass is 16.3. The molecule has 0 aliphatic rings. The summed E-state index contributed by atoms with van der Waals surface area (Å²) >= 11 is 0. The summed E-state index contributed by atoms with van der Waals surface area (Å²) in [6.45, 7) is -0.437. The van der Waals surface area contributed by atoms with Crippen molar-refractivity contribution in [1.29, 1.82) is 0 Å². The Morgan fingerprint density at radius 3 is 1.83 bits per heavy atom. The third-order valence-corrected chi connectivity index (χ3v) is 1.18. The number of aromatic nitrogens is 2. The second kappa shape index (κ2) is 8.19. The summed E-state index contributed by atoms with van der Waals surface area (Å²) in [5.74, 6) is -0.347. The SMILES string of the molecule is OCC(CO)CO.c1c[nH]cn1. The van der Waals surface area contributed by atoms with Crippen LogP contribution >= 0.6 is 0 Å². The third kappa shape index (κ3) is 5.84. The molecule has 0 amide bonds. The van der Waals surface area contributed by atoms with E-state index in [1.54, 1.807) is 18.7 Å². The fourth-order valence-electron chi connectivity index (χ4n) is 0.388. The summed E-state index contributed by atoms with van der Waals surface area (Å²) in [5, 5.41) is 24.6. The first-order valence-electron chi connectivity index (χ1n) is 3.60. The Bertz CT molecular complexity index is 129. The van der Waals surface area contributed by atoms with Crippen molar-refractivity contribution in [3.8, 4) is 0 Å². The van der Waals surface area contributed by atoms with Crippen LogP contribution < -0.4 is 0 Å². The summed E-state index contributed by atoms with van der Waals surface area (Å²) in [7, 11) is 0. The highest BCUT2D eigenvalue weighted by molar-refractivity contribution is 4.64. The predicted octanol–water partition coefficient (Wildman–Crippen LogP) is -1.01. The molecule has 0 spiro atoms. The van der Waals surface area contributed by atoms with Gasteiger partial charge in [0.1, 0.15) is 0 Å². The second-order valence-corrected chi connectivity index (χ2v) is 2.17. The molecule has 0 atom stereocenters. The summed E-state index contributed by atoms with van der Waals surface area (Å²) in [6.07, 6.45) is 5.08. The molecule has 1 heterocycles. The van der Waals surface area contributed by atoms with E-state index in [0.717, 1.165) is 0 Å². The monoisotopic (exact) mass is 174 g/mol. The molecule has 1 aromatic rings. The fourth-order valence-corrected chi connectivity index (χ4v) is 0.388. The summed E-state index contributed by atoms with van der Waals surface area (Å²) < 4.78 is 0. The van der Waals surface area contributed by atoms with Gasteiger partial charge in [-0.25, -0.2) is 4.98 Å². The molecule has 4 N–H and O–H groups in total. The number of nitrogens with zero attached hydrogens (tertiary/aromatic N) is 1. The highest BCUT2D eigenvalue weighted by Gasteiger charge is 2.00. The molecule has 0 unspecified atom stereocenters. The van der Waals surface area contributed by atoms with Gasteiger partial charge in [0.05, 0.1) is 26.1 Å². The quantitative estimate of drug-likeness (QED) is 0.472. The maximum absolute atomic E-state index is 8.21. The predicted molar refractivity (Wildman–Crippen MR) is 43.3 cm³/mol. The van der Waals surface area contributed by atoms with Crippen LogP contribution in [-0.2, 0) is 0 Å². The maximum Gasteiger partial charge on any atom is 0.0919 e. The minimum atomic E-state index is -0.347. The van der Waals surface area contributed by atoms with Gasteiger partial charge in [0.2, 0.25) is 0 Å². The van der Waals surface area contributed by atoms with Crippen LogP contribution in [0, 0.1) is 5.92 Å². The van der Waals surface area contributed by atoms with Crippen LogP contribution in [0.3, 0.4) is 0 Å². The van der Waals surface area contributed by atoms with Crippen LogP contribution in [0.4, 0.5) is 0 Å². The smallest absolute Gasteiger partial charge is 0.0919 e. The Hall–Kier alpha value is -0.910. The number of nitrogens with one attached hydrogen (secondary N) is 1. The Balaban J connectivity index is 0.000000211. The van der Waals surface area contributed by atoms with E-state index >= 15 is 0 Å². The first-order valence-corrected chi connectivity index (χ1v) is 3.60. The molecule has 0 aliphatic heterocycles. The maximum atomic E-state index is 8.21. The largest absolute Gasteiger partial charge is 0.396 e. The van der Waals surface area contributed by atoms with E-state index in [0.29, 0.717) is 0 Å². The van der Waals surface area contributed by atoms with Gasteiger partial charge in [-0.1, -0.05) is 0 Å². The standard InChI is InChI=1S/C4H10O3.C3H4N2/c5-1-4(2-6)3-7;1-2-5-3-4-1/h4-7H,1-3H2;1-3H,(H,4,5). The molecule has 0 aromatic carbocycles. The van der Waals surface area contributed by atoms with E-state index in [9.17, 15) is 0 Å². The second-order valence-electron chi connectivity index (χ2n) is 2.17. The molecule has 70 valence electrons.